The Morgan fingerprint density at radius 2 is 1.73 bits per heavy atom. The maximum atomic E-state index is 12.4. The molecule has 7 nitrogen and oxygen atoms in total. The van der Waals surface area contributed by atoms with Crippen LogP contribution in [0.5, 0.6) is 11.5 Å². The molecule has 0 radical (unpaired) electrons. The molecule has 0 spiro atoms. The zero-order chi connectivity index (χ0) is 16.6. The summed E-state index contributed by atoms with van der Waals surface area (Å²) in [6, 6.07) is 2.98. The van der Waals surface area contributed by atoms with E-state index < -0.39 is 10.0 Å². The second-order valence-corrected chi connectivity index (χ2v) is 6.87. The third-order valence-corrected chi connectivity index (χ3v) is 4.91. The van der Waals surface area contributed by atoms with Crippen molar-refractivity contribution < 1.29 is 22.6 Å². The van der Waals surface area contributed by atoms with Crippen molar-refractivity contribution in [2.45, 2.75) is 4.90 Å². The van der Waals surface area contributed by atoms with Crippen LogP contribution < -0.4 is 19.5 Å². The number of hydrogen-bond donors (Lipinski definition) is 2. The maximum Gasteiger partial charge on any atom is 0.244 e. The molecular formula is C13H21BrN2O5S. The molecule has 0 aliphatic carbocycles. The van der Waals surface area contributed by atoms with Crippen LogP contribution in [0.15, 0.2) is 21.5 Å². The summed E-state index contributed by atoms with van der Waals surface area (Å²) in [7, 11) is 0.801. The maximum absolute atomic E-state index is 12.4. The summed E-state index contributed by atoms with van der Waals surface area (Å²) in [5.41, 5.74) is 0. The highest BCUT2D eigenvalue weighted by Crippen LogP contribution is 2.35. The van der Waals surface area contributed by atoms with E-state index in [0.29, 0.717) is 29.9 Å². The first kappa shape index (κ1) is 19.2. The second kappa shape index (κ2) is 9.31. The van der Waals surface area contributed by atoms with Crippen LogP contribution in [-0.4, -0.2) is 56.0 Å². The van der Waals surface area contributed by atoms with Crippen LogP contribution in [0.25, 0.3) is 0 Å². The van der Waals surface area contributed by atoms with E-state index in [-0.39, 0.29) is 17.2 Å². The number of hydrogen-bond acceptors (Lipinski definition) is 6. The van der Waals surface area contributed by atoms with Crippen molar-refractivity contribution in [2.75, 3.05) is 47.6 Å². The number of sulfonamides is 1. The molecular weight excluding hydrogens is 376 g/mol. The zero-order valence-corrected chi connectivity index (χ0v) is 15.2. The van der Waals surface area contributed by atoms with E-state index >= 15 is 0 Å². The van der Waals surface area contributed by atoms with Crippen LogP contribution in [0.4, 0.5) is 0 Å². The highest BCUT2D eigenvalue weighted by Gasteiger charge is 2.21. The molecule has 0 aromatic heterocycles. The number of benzene rings is 1. The standard InChI is InChI=1S/C13H21BrN2O5S/c1-19-7-6-15-4-5-16-22(17,18)13-9-11(20-2)10(14)8-12(13)21-3/h8-9,15-16H,4-7H2,1-3H3. The Hall–Kier alpha value is -0.870. The minimum atomic E-state index is -3.69. The van der Waals surface area contributed by atoms with Crippen LogP contribution in [0, 0.1) is 0 Å². The predicted octanol–water partition coefficient (Wildman–Crippen LogP) is 0.981. The molecule has 0 unspecified atom stereocenters. The summed E-state index contributed by atoms with van der Waals surface area (Å²) in [6.45, 7) is 1.99. The van der Waals surface area contributed by atoms with Gasteiger partial charge in [0.1, 0.15) is 16.4 Å². The van der Waals surface area contributed by atoms with Gasteiger partial charge in [-0.2, -0.15) is 0 Å². The fourth-order valence-corrected chi connectivity index (χ4v) is 3.37. The van der Waals surface area contributed by atoms with Gasteiger partial charge in [-0.15, -0.1) is 0 Å². The van der Waals surface area contributed by atoms with E-state index in [1.807, 2.05) is 0 Å². The molecule has 9 heteroatoms. The lowest BCUT2D eigenvalue weighted by Crippen LogP contribution is -2.33. The van der Waals surface area contributed by atoms with Gasteiger partial charge >= 0.3 is 0 Å². The Bertz CT molecular complexity index is 580. The monoisotopic (exact) mass is 396 g/mol. The third kappa shape index (κ3) is 5.40. The van der Waals surface area contributed by atoms with Crippen molar-refractivity contribution >= 4 is 26.0 Å². The number of methoxy groups -OCH3 is 3. The van der Waals surface area contributed by atoms with E-state index in [1.165, 1.54) is 20.3 Å². The average Bonchev–Trinajstić information content (AvgIpc) is 2.50. The van der Waals surface area contributed by atoms with Gasteiger partial charge in [0, 0.05) is 32.8 Å². The lowest BCUT2D eigenvalue weighted by Gasteiger charge is -2.13. The molecule has 0 atom stereocenters. The molecule has 0 heterocycles. The van der Waals surface area contributed by atoms with Crippen molar-refractivity contribution in [3.05, 3.63) is 16.6 Å². The number of rotatable bonds is 10. The Kier molecular flexibility index (Phi) is 8.12. The molecule has 0 saturated heterocycles. The van der Waals surface area contributed by atoms with Gasteiger partial charge in [0.15, 0.2) is 0 Å². The molecule has 22 heavy (non-hydrogen) atoms. The van der Waals surface area contributed by atoms with Crippen molar-refractivity contribution in [3.8, 4) is 11.5 Å². The fraction of sp³-hybridized carbons (Fsp3) is 0.538. The van der Waals surface area contributed by atoms with Gasteiger partial charge in [-0.1, -0.05) is 0 Å². The Balaban J connectivity index is 2.79. The van der Waals surface area contributed by atoms with Gasteiger partial charge in [0.2, 0.25) is 10.0 Å². The summed E-state index contributed by atoms with van der Waals surface area (Å²) >= 11 is 3.29. The SMILES string of the molecule is COCCNCCNS(=O)(=O)c1cc(OC)c(Br)cc1OC. The van der Waals surface area contributed by atoms with Crippen LogP contribution >= 0.6 is 15.9 Å². The minimum absolute atomic E-state index is 0.0342. The minimum Gasteiger partial charge on any atom is -0.496 e. The molecule has 0 aliphatic heterocycles. The molecule has 0 fully saturated rings. The van der Waals surface area contributed by atoms with Crippen molar-refractivity contribution in [1.82, 2.24) is 10.0 Å². The topological polar surface area (TPSA) is 85.9 Å². The van der Waals surface area contributed by atoms with Crippen LogP contribution in [0.2, 0.25) is 0 Å². The van der Waals surface area contributed by atoms with Crippen LogP contribution in [0.1, 0.15) is 0 Å². The molecule has 1 rings (SSSR count). The Morgan fingerprint density at radius 3 is 2.32 bits per heavy atom. The van der Waals surface area contributed by atoms with Gasteiger partial charge in [-0.3, -0.25) is 0 Å². The van der Waals surface area contributed by atoms with Gasteiger partial charge in [-0.05, 0) is 22.0 Å². The summed E-state index contributed by atoms with van der Waals surface area (Å²) in [5, 5.41) is 3.06. The first-order chi connectivity index (χ1) is 10.5. The number of nitrogens with one attached hydrogen (secondary N) is 2. The van der Waals surface area contributed by atoms with Gasteiger partial charge < -0.3 is 19.5 Å². The van der Waals surface area contributed by atoms with E-state index in [0.717, 1.165) is 0 Å². The largest absolute Gasteiger partial charge is 0.496 e. The molecule has 126 valence electrons. The first-order valence-electron chi connectivity index (χ1n) is 6.57. The zero-order valence-electron chi connectivity index (χ0n) is 12.8. The molecule has 1 aromatic rings. The molecule has 0 saturated carbocycles. The predicted molar refractivity (Wildman–Crippen MR) is 87.2 cm³/mol. The van der Waals surface area contributed by atoms with Crippen LogP contribution in [0.3, 0.4) is 0 Å². The first-order valence-corrected chi connectivity index (χ1v) is 8.84. The third-order valence-electron chi connectivity index (χ3n) is 2.80. The van der Waals surface area contributed by atoms with E-state index in [1.54, 1.807) is 13.2 Å². The van der Waals surface area contributed by atoms with E-state index in [4.69, 9.17) is 14.2 Å². The molecule has 0 aliphatic rings. The summed E-state index contributed by atoms with van der Waals surface area (Å²) < 4.78 is 43.0. The number of halogens is 1. The molecule has 2 N–H and O–H groups in total. The normalized spacial score (nSPS) is 11.5. The Labute approximate surface area is 139 Å². The molecule has 0 bridgehead atoms. The Morgan fingerprint density at radius 1 is 1.05 bits per heavy atom. The average molecular weight is 397 g/mol. The van der Waals surface area contributed by atoms with Gasteiger partial charge in [0.05, 0.1) is 25.3 Å². The molecule has 1 aromatic carbocycles. The van der Waals surface area contributed by atoms with E-state index in [9.17, 15) is 8.42 Å². The quantitative estimate of drug-likeness (QED) is 0.573. The summed E-state index contributed by atoms with van der Waals surface area (Å²) in [4.78, 5) is 0.0342. The molecule has 0 amide bonds. The fourth-order valence-electron chi connectivity index (χ4n) is 1.69. The lowest BCUT2D eigenvalue weighted by molar-refractivity contribution is 0.199. The van der Waals surface area contributed by atoms with Gasteiger partial charge in [0.25, 0.3) is 0 Å². The van der Waals surface area contributed by atoms with Crippen molar-refractivity contribution in [3.63, 3.8) is 0 Å². The van der Waals surface area contributed by atoms with E-state index in [2.05, 4.69) is 26.0 Å². The van der Waals surface area contributed by atoms with Crippen molar-refractivity contribution in [2.24, 2.45) is 0 Å². The van der Waals surface area contributed by atoms with Crippen LogP contribution in [-0.2, 0) is 14.8 Å². The highest BCUT2D eigenvalue weighted by atomic mass is 79.9. The lowest BCUT2D eigenvalue weighted by atomic mass is 10.3. The van der Waals surface area contributed by atoms with Gasteiger partial charge in [-0.25, -0.2) is 13.1 Å². The number of ether oxygens (including phenoxy) is 3. The van der Waals surface area contributed by atoms with Crippen molar-refractivity contribution in [1.29, 1.82) is 0 Å². The second-order valence-electron chi connectivity index (χ2n) is 4.28. The highest BCUT2D eigenvalue weighted by molar-refractivity contribution is 9.10. The summed E-state index contributed by atoms with van der Waals surface area (Å²) in [5.74, 6) is 0.659. The summed E-state index contributed by atoms with van der Waals surface area (Å²) in [6.07, 6.45) is 0. The smallest absolute Gasteiger partial charge is 0.244 e.